The summed E-state index contributed by atoms with van der Waals surface area (Å²) in [5.41, 5.74) is 2.62. The molecule has 1 aliphatic rings. The van der Waals surface area contributed by atoms with Gasteiger partial charge < -0.3 is 10.6 Å². The minimum absolute atomic E-state index is 0.0511. The van der Waals surface area contributed by atoms with E-state index in [9.17, 15) is 4.79 Å². The first-order valence-electron chi connectivity index (χ1n) is 9.12. The van der Waals surface area contributed by atoms with Gasteiger partial charge in [0.05, 0.1) is 0 Å². The number of nitrogens with zero attached hydrogens (tertiary/aromatic N) is 2. The molecule has 5 heteroatoms. The first-order valence-corrected chi connectivity index (χ1v) is 9.12. The van der Waals surface area contributed by atoms with Gasteiger partial charge in [-0.1, -0.05) is 31.4 Å². The zero-order valence-electron chi connectivity index (χ0n) is 15.0. The predicted molar refractivity (Wildman–Crippen MR) is 101 cm³/mol. The largest absolute Gasteiger partial charge is 0.351 e. The topological polar surface area (TPSA) is 66.9 Å². The van der Waals surface area contributed by atoms with Crippen LogP contribution in [0.1, 0.15) is 56.3 Å². The first-order chi connectivity index (χ1) is 12.1. The van der Waals surface area contributed by atoms with Gasteiger partial charge in [0.25, 0.3) is 5.91 Å². The van der Waals surface area contributed by atoms with E-state index in [1.165, 1.54) is 32.1 Å². The van der Waals surface area contributed by atoms with Gasteiger partial charge in [-0.25, -0.2) is 9.97 Å². The Morgan fingerprint density at radius 2 is 1.64 bits per heavy atom. The number of rotatable bonds is 5. The summed E-state index contributed by atoms with van der Waals surface area (Å²) in [6, 6.07) is 8.16. The van der Waals surface area contributed by atoms with E-state index in [2.05, 4.69) is 20.6 Å². The number of nitrogens with one attached hydrogen (secondary N) is 2. The minimum atomic E-state index is -0.0511. The Morgan fingerprint density at radius 1 is 1.00 bits per heavy atom. The highest BCUT2D eigenvalue weighted by Crippen LogP contribution is 2.22. The third-order valence-electron chi connectivity index (χ3n) is 4.49. The summed E-state index contributed by atoms with van der Waals surface area (Å²) in [5.74, 6) is 0.647. The van der Waals surface area contributed by atoms with Crippen LogP contribution < -0.4 is 10.6 Å². The lowest BCUT2D eigenvalue weighted by Crippen LogP contribution is -2.29. The fraction of sp³-hybridized carbons (Fsp3) is 0.450. The average molecular weight is 338 g/mol. The predicted octanol–water partition coefficient (Wildman–Crippen LogP) is 4.03. The number of benzene rings is 1. The molecular formula is C20H26N4O. The van der Waals surface area contributed by atoms with Gasteiger partial charge in [0.15, 0.2) is 0 Å². The van der Waals surface area contributed by atoms with Crippen LogP contribution in [0.25, 0.3) is 11.1 Å². The smallest absolute Gasteiger partial charge is 0.251 e. The summed E-state index contributed by atoms with van der Waals surface area (Å²) >= 11 is 0. The number of carbonyl (C=O) groups is 1. The van der Waals surface area contributed by atoms with Gasteiger partial charge in [0.1, 0.15) is 0 Å². The Kier molecular flexibility index (Phi) is 5.64. The maximum Gasteiger partial charge on any atom is 0.251 e. The van der Waals surface area contributed by atoms with E-state index >= 15 is 0 Å². The van der Waals surface area contributed by atoms with Crippen molar-refractivity contribution in [2.75, 3.05) is 5.32 Å². The Bertz CT molecular complexity index is 689. The van der Waals surface area contributed by atoms with Crippen LogP contribution in [0, 0.1) is 0 Å². The Morgan fingerprint density at radius 3 is 2.24 bits per heavy atom. The van der Waals surface area contributed by atoms with Crippen molar-refractivity contribution in [3.05, 3.63) is 42.2 Å². The van der Waals surface area contributed by atoms with E-state index in [-0.39, 0.29) is 11.9 Å². The summed E-state index contributed by atoms with van der Waals surface area (Å²) in [5, 5.41) is 6.32. The van der Waals surface area contributed by atoms with Crippen molar-refractivity contribution in [1.82, 2.24) is 15.3 Å². The fourth-order valence-corrected chi connectivity index (χ4v) is 3.14. The fourth-order valence-electron chi connectivity index (χ4n) is 3.14. The monoisotopic (exact) mass is 338 g/mol. The molecule has 2 N–H and O–H groups in total. The molecular weight excluding hydrogens is 312 g/mol. The van der Waals surface area contributed by atoms with E-state index < -0.39 is 0 Å². The third-order valence-corrected chi connectivity index (χ3v) is 4.49. The normalized spacial score (nSPS) is 15.2. The van der Waals surface area contributed by atoms with Crippen molar-refractivity contribution in [1.29, 1.82) is 0 Å². The van der Waals surface area contributed by atoms with Crippen LogP contribution in [-0.2, 0) is 0 Å². The molecule has 0 bridgehead atoms. The minimum Gasteiger partial charge on any atom is -0.351 e. The summed E-state index contributed by atoms with van der Waals surface area (Å²) in [6.07, 6.45) is 9.97. The molecule has 1 aromatic heterocycles. The van der Waals surface area contributed by atoms with Gasteiger partial charge >= 0.3 is 0 Å². The van der Waals surface area contributed by atoms with Crippen LogP contribution in [0.3, 0.4) is 0 Å². The van der Waals surface area contributed by atoms with Crippen molar-refractivity contribution >= 4 is 11.9 Å². The van der Waals surface area contributed by atoms with Gasteiger partial charge in [-0.3, -0.25) is 4.79 Å². The molecule has 2 aromatic rings. The van der Waals surface area contributed by atoms with Crippen molar-refractivity contribution in [3.63, 3.8) is 0 Å². The Labute approximate surface area is 149 Å². The molecule has 0 aliphatic heterocycles. The van der Waals surface area contributed by atoms with E-state index in [1.54, 1.807) is 0 Å². The highest BCUT2D eigenvalue weighted by atomic mass is 16.1. The molecule has 25 heavy (non-hydrogen) atoms. The molecule has 0 radical (unpaired) electrons. The highest BCUT2D eigenvalue weighted by molar-refractivity contribution is 5.94. The highest BCUT2D eigenvalue weighted by Gasteiger charge is 2.14. The molecule has 1 saturated carbocycles. The molecule has 0 unspecified atom stereocenters. The molecule has 3 rings (SSSR count). The number of carbonyl (C=O) groups excluding carboxylic acids is 1. The summed E-state index contributed by atoms with van der Waals surface area (Å²) in [6.45, 7) is 3.90. The van der Waals surface area contributed by atoms with Crippen molar-refractivity contribution in [3.8, 4) is 11.1 Å². The third kappa shape index (κ3) is 4.78. The number of amides is 1. The van der Waals surface area contributed by atoms with E-state index in [0.29, 0.717) is 17.6 Å². The van der Waals surface area contributed by atoms with Gasteiger partial charge in [0.2, 0.25) is 5.95 Å². The van der Waals surface area contributed by atoms with Crippen LogP contribution >= 0.6 is 0 Å². The summed E-state index contributed by atoms with van der Waals surface area (Å²) < 4.78 is 0. The molecule has 0 atom stereocenters. The van der Waals surface area contributed by atoms with Crippen LogP contribution in [0.15, 0.2) is 36.7 Å². The number of hydrogen-bond donors (Lipinski definition) is 2. The zero-order chi connectivity index (χ0) is 17.6. The molecule has 1 amide bonds. The molecule has 1 aliphatic carbocycles. The van der Waals surface area contributed by atoms with Gasteiger partial charge in [0, 0.05) is 35.6 Å². The summed E-state index contributed by atoms with van der Waals surface area (Å²) in [4.78, 5) is 20.9. The first kappa shape index (κ1) is 17.4. The zero-order valence-corrected chi connectivity index (χ0v) is 15.0. The molecule has 1 fully saturated rings. The van der Waals surface area contributed by atoms with Crippen molar-refractivity contribution in [2.24, 2.45) is 0 Å². The molecule has 0 spiro atoms. The molecule has 1 aromatic carbocycles. The lowest BCUT2D eigenvalue weighted by molar-refractivity contribution is 0.0943. The second kappa shape index (κ2) is 8.10. The lowest BCUT2D eigenvalue weighted by atomic mass is 9.96. The SMILES string of the molecule is CC(C)NC(=O)c1ccc(-c2cnc(NC3CCCCC3)nc2)cc1. The number of hydrogen-bond acceptors (Lipinski definition) is 4. The van der Waals surface area contributed by atoms with Crippen LogP contribution in [-0.4, -0.2) is 28.0 Å². The summed E-state index contributed by atoms with van der Waals surface area (Å²) in [7, 11) is 0. The van der Waals surface area contributed by atoms with Crippen molar-refractivity contribution in [2.45, 2.75) is 58.0 Å². The van der Waals surface area contributed by atoms with E-state index in [0.717, 1.165) is 11.1 Å². The molecule has 5 nitrogen and oxygen atoms in total. The number of anilines is 1. The van der Waals surface area contributed by atoms with Crippen LogP contribution in [0.4, 0.5) is 5.95 Å². The lowest BCUT2D eigenvalue weighted by Gasteiger charge is -2.22. The second-order valence-corrected chi connectivity index (χ2v) is 6.98. The van der Waals surface area contributed by atoms with E-state index in [1.807, 2.05) is 50.5 Å². The van der Waals surface area contributed by atoms with Crippen molar-refractivity contribution < 1.29 is 4.79 Å². The maximum absolute atomic E-state index is 12.0. The second-order valence-electron chi connectivity index (χ2n) is 6.98. The van der Waals surface area contributed by atoms with Gasteiger partial charge in [-0.2, -0.15) is 0 Å². The van der Waals surface area contributed by atoms with Gasteiger partial charge in [-0.05, 0) is 44.4 Å². The van der Waals surface area contributed by atoms with Crippen LogP contribution in [0.2, 0.25) is 0 Å². The molecule has 0 saturated heterocycles. The average Bonchev–Trinajstić information content (AvgIpc) is 2.63. The van der Waals surface area contributed by atoms with Crippen LogP contribution in [0.5, 0.6) is 0 Å². The van der Waals surface area contributed by atoms with E-state index in [4.69, 9.17) is 0 Å². The Balaban J connectivity index is 1.64. The maximum atomic E-state index is 12.0. The quantitative estimate of drug-likeness (QED) is 0.864. The molecule has 1 heterocycles. The standard InChI is InChI=1S/C20H26N4O/c1-14(2)23-19(25)16-10-8-15(9-11-16)17-12-21-20(22-13-17)24-18-6-4-3-5-7-18/h8-14,18H,3-7H2,1-2H3,(H,23,25)(H,21,22,24). The number of aromatic nitrogens is 2. The molecule has 132 valence electrons. The Hall–Kier alpha value is -2.43. The van der Waals surface area contributed by atoms with Gasteiger partial charge in [-0.15, -0.1) is 0 Å².